The second kappa shape index (κ2) is 5.03. The second-order valence-electron chi connectivity index (χ2n) is 3.48. The first kappa shape index (κ1) is 10.3. The van der Waals surface area contributed by atoms with Gasteiger partial charge in [-0.1, -0.05) is 24.8 Å². The van der Waals surface area contributed by atoms with Crippen LogP contribution in [0.2, 0.25) is 0 Å². The maximum absolute atomic E-state index is 3.87. The van der Waals surface area contributed by atoms with E-state index in [1.54, 1.807) is 0 Å². The van der Waals surface area contributed by atoms with Crippen LogP contribution in [0.5, 0.6) is 0 Å². The van der Waals surface area contributed by atoms with E-state index in [1.807, 2.05) is 13.1 Å². The van der Waals surface area contributed by atoms with Crippen LogP contribution in [0, 0.1) is 0 Å². The van der Waals surface area contributed by atoms with E-state index in [4.69, 9.17) is 0 Å². The number of hydrogen-bond acceptors (Lipinski definition) is 1. The molecule has 0 aliphatic heterocycles. The van der Waals surface area contributed by atoms with Crippen LogP contribution in [0.4, 0.5) is 0 Å². The molecule has 0 bridgehead atoms. The summed E-state index contributed by atoms with van der Waals surface area (Å²) in [6.07, 6.45) is 9.87. The lowest BCUT2D eigenvalue weighted by Gasteiger charge is -2.24. The van der Waals surface area contributed by atoms with Gasteiger partial charge in [-0.15, -0.1) is 0 Å². The molecule has 0 radical (unpaired) electrons. The summed E-state index contributed by atoms with van der Waals surface area (Å²) in [4.78, 5) is 0. The molecule has 0 aromatic rings. The van der Waals surface area contributed by atoms with Crippen molar-refractivity contribution < 1.29 is 0 Å². The molecule has 1 nitrogen and oxygen atoms in total. The van der Waals surface area contributed by atoms with Crippen LogP contribution in [-0.4, -0.2) is 13.1 Å². The van der Waals surface area contributed by atoms with Gasteiger partial charge in [0.2, 0.25) is 0 Å². The number of rotatable bonds is 3. The van der Waals surface area contributed by atoms with Gasteiger partial charge >= 0.3 is 0 Å². The maximum Gasteiger partial charge on any atom is 0.0108 e. The zero-order valence-electron chi connectivity index (χ0n) is 8.64. The molecule has 0 aromatic carbocycles. The van der Waals surface area contributed by atoms with Crippen molar-refractivity contribution in [2.24, 2.45) is 0 Å². The minimum Gasteiger partial charge on any atom is -0.317 e. The summed E-state index contributed by atoms with van der Waals surface area (Å²) in [5.74, 6) is 0. The minimum absolute atomic E-state index is 0.641. The zero-order chi connectivity index (χ0) is 9.68. The standard InChI is InChI=1S/C12H19N/c1-4-6-11-7-8-12(13-3)9-10(11)5-2/h4-6,12-13H,2,7-9H2,1,3H3/b6-4-. The molecule has 1 aliphatic carbocycles. The minimum atomic E-state index is 0.641. The Morgan fingerprint density at radius 2 is 2.23 bits per heavy atom. The van der Waals surface area contributed by atoms with Gasteiger partial charge in [0.05, 0.1) is 0 Å². The van der Waals surface area contributed by atoms with Gasteiger partial charge < -0.3 is 5.32 Å². The molecule has 1 rings (SSSR count). The van der Waals surface area contributed by atoms with Gasteiger partial charge in [0.15, 0.2) is 0 Å². The molecule has 1 atom stereocenters. The van der Waals surface area contributed by atoms with Crippen molar-refractivity contribution >= 4 is 0 Å². The molecule has 1 N–H and O–H groups in total. The molecule has 0 saturated heterocycles. The number of nitrogens with one attached hydrogen (secondary N) is 1. The molecule has 1 heteroatoms. The third kappa shape index (κ3) is 2.56. The molecule has 0 saturated carbocycles. The smallest absolute Gasteiger partial charge is 0.0108 e. The highest BCUT2D eigenvalue weighted by Gasteiger charge is 2.15. The van der Waals surface area contributed by atoms with E-state index in [1.165, 1.54) is 24.0 Å². The Bertz CT molecular complexity index is 236. The van der Waals surface area contributed by atoms with E-state index in [2.05, 4.69) is 31.0 Å². The van der Waals surface area contributed by atoms with E-state index in [-0.39, 0.29) is 0 Å². The Morgan fingerprint density at radius 1 is 1.46 bits per heavy atom. The van der Waals surface area contributed by atoms with Crippen molar-refractivity contribution in [3.8, 4) is 0 Å². The molecule has 1 aliphatic rings. The summed E-state index contributed by atoms with van der Waals surface area (Å²) >= 11 is 0. The predicted octanol–water partition coefficient (Wildman–Crippen LogP) is 2.82. The van der Waals surface area contributed by atoms with Crippen LogP contribution in [0.15, 0.2) is 36.0 Å². The summed E-state index contributed by atoms with van der Waals surface area (Å²) in [6.45, 7) is 5.93. The lowest BCUT2D eigenvalue weighted by Crippen LogP contribution is -2.28. The quantitative estimate of drug-likeness (QED) is 0.699. The van der Waals surface area contributed by atoms with Crippen molar-refractivity contribution in [2.45, 2.75) is 32.2 Å². The first-order chi connectivity index (χ1) is 6.31. The first-order valence-electron chi connectivity index (χ1n) is 4.96. The van der Waals surface area contributed by atoms with Crippen molar-refractivity contribution in [3.05, 3.63) is 36.0 Å². The normalized spacial score (nSPS) is 24.0. The Kier molecular flexibility index (Phi) is 3.97. The highest BCUT2D eigenvalue weighted by atomic mass is 14.9. The van der Waals surface area contributed by atoms with Crippen LogP contribution in [-0.2, 0) is 0 Å². The zero-order valence-corrected chi connectivity index (χ0v) is 8.64. The molecular weight excluding hydrogens is 158 g/mol. The maximum atomic E-state index is 3.87. The molecule has 0 spiro atoms. The van der Waals surface area contributed by atoms with Gasteiger partial charge in [-0.25, -0.2) is 0 Å². The van der Waals surface area contributed by atoms with E-state index < -0.39 is 0 Å². The third-order valence-corrected chi connectivity index (χ3v) is 2.66. The topological polar surface area (TPSA) is 12.0 Å². The summed E-state index contributed by atoms with van der Waals surface area (Å²) < 4.78 is 0. The molecule has 1 unspecified atom stereocenters. The fourth-order valence-corrected chi connectivity index (χ4v) is 1.84. The Balaban J connectivity index is 2.78. The average molecular weight is 177 g/mol. The summed E-state index contributed by atoms with van der Waals surface area (Å²) in [6, 6.07) is 0.641. The van der Waals surface area contributed by atoms with Gasteiger partial charge in [0, 0.05) is 6.04 Å². The number of hydrogen-bond donors (Lipinski definition) is 1. The molecule has 0 amide bonds. The van der Waals surface area contributed by atoms with Gasteiger partial charge in [-0.3, -0.25) is 0 Å². The fourth-order valence-electron chi connectivity index (χ4n) is 1.84. The van der Waals surface area contributed by atoms with Crippen LogP contribution in [0.25, 0.3) is 0 Å². The predicted molar refractivity (Wildman–Crippen MR) is 58.7 cm³/mol. The van der Waals surface area contributed by atoms with Crippen LogP contribution >= 0.6 is 0 Å². The van der Waals surface area contributed by atoms with Crippen LogP contribution in [0.1, 0.15) is 26.2 Å². The van der Waals surface area contributed by atoms with E-state index >= 15 is 0 Å². The number of allylic oxidation sites excluding steroid dienone is 4. The molecule has 72 valence electrons. The Labute approximate surface area is 81.2 Å². The van der Waals surface area contributed by atoms with Gasteiger partial charge in [0.1, 0.15) is 0 Å². The SMILES string of the molecule is C=CC1=C(/C=C\C)CCC(NC)C1. The van der Waals surface area contributed by atoms with E-state index in [0.717, 1.165) is 6.42 Å². The summed E-state index contributed by atoms with van der Waals surface area (Å²) in [5, 5.41) is 3.32. The Morgan fingerprint density at radius 3 is 2.77 bits per heavy atom. The first-order valence-corrected chi connectivity index (χ1v) is 4.96. The Hall–Kier alpha value is -0.820. The van der Waals surface area contributed by atoms with E-state index in [9.17, 15) is 0 Å². The molecule has 0 fully saturated rings. The molecular formula is C12H19N. The van der Waals surface area contributed by atoms with Crippen LogP contribution < -0.4 is 5.32 Å². The lowest BCUT2D eigenvalue weighted by molar-refractivity contribution is 0.501. The van der Waals surface area contributed by atoms with Gasteiger partial charge in [0.25, 0.3) is 0 Å². The highest BCUT2D eigenvalue weighted by molar-refractivity contribution is 5.34. The van der Waals surface area contributed by atoms with Gasteiger partial charge in [-0.05, 0) is 44.4 Å². The largest absolute Gasteiger partial charge is 0.317 e. The highest BCUT2D eigenvalue weighted by Crippen LogP contribution is 2.26. The van der Waals surface area contributed by atoms with Crippen LogP contribution in [0.3, 0.4) is 0 Å². The molecule has 0 aromatic heterocycles. The van der Waals surface area contributed by atoms with Crippen molar-refractivity contribution in [2.75, 3.05) is 7.05 Å². The van der Waals surface area contributed by atoms with Gasteiger partial charge in [-0.2, -0.15) is 0 Å². The monoisotopic (exact) mass is 177 g/mol. The van der Waals surface area contributed by atoms with Crippen molar-refractivity contribution in [1.29, 1.82) is 0 Å². The summed E-state index contributed by atoms with van der Waals surface area (Å²) in [5.41, 5.74) is 2.87. The van der Waals surface area contributed by atoms with Crippen molar-refractivity contribution in [1.82, 2.24) is 5.32 Å². The third-order valence-electron chi connectivity index (χ3n) is 2.66. The lowest BCUT2D eigenvalue weighted by atomic mass is 9.88. The summed E-state index contributed by atoms with van der Waals surface area (Å²) in [7, 11) is 2.03. The molecule has 13 heavy (non-hydrogen) atoms. The average Bonchev–Trinajstić information content (AvgIpc) is 2.19. The molecule has 0 heterocycles. The second-order valence-corrected chi connectivity index (χ2v) is 3.48. The fraction of sp³-hybridized carbons (Fsp3) is 0.500. The van der Waals surface area contributed by atoms with E-state index in [0.29, 0.717) is 6.04 Å². The van der Waals surface area contributed by atoms with Crippen molar-refractivity contribution in [3.63, 3.8) is 0 Å².